The number of nitrogen functional groups attached to an aromatic ring is 1. The zero-order valence-electron chi connectivity index (χ0n) is 38.1. The van der Waals surface area contributed by atoms with Crippen LogP contribution in [0.25, 0.3) is 17.0 Å². The predicted molar refractivity (Wildman–Crippen MR) is 250 cm³/mol. The number of aromatic nitrogens is 8. The first kappa shape index (κ1) is 46.9. The highest BCUT2D eigenvalue weighted by molar-refractivity contribution is 6.23. The van der Waals surface area contributed by atoms with Crippen molar-refractivity contribution in [2.45, 2.75) is 44.8 Å². The molecule has 0 aliphatic carbocycles. The van der Waals surface area contributed by atoms with Crippen molar-refractivity contribution in [2.24, 2.45) is 0 Å². The maximum absolute atomic E-state index is 13.1. The van der Waals surface area contributed by atoms with Crippen molar-refractivity contribution in [1.29, 1.82) is 0 Å². The Balaban J connectivity index is 0.586. The second-order valence-corrected chi connectivity index (χ2v) is 16.8. The summed E-state index contributed by atoms with van der Waals surface area (Å²) in [7, 11) is 0. The van der Waals surface area contributed by atoms with Crippen molar-refractivity contribution in [2.75, 3.05) is 95.0 Å². The molecule has 0 radical (unpaired) electrons. The van der Waals surface area contributed by atoms with Gasteiger partial charge in [0.05, 0.1) is 82.0 Å². The largest absolute Gasteiger partial charge is 0.382 e. The molecule has 0 bridgehead atoms. The first-order valence-corrected chi connectivity index (χ1v) is 23.1. The number of amides is 4. The van der Waals surface area contributed by atoms with Gasteiger partial charge in [-0.15, -0.1) is 5.10 Å². The lowest BCUT2D eigenvalue weighted by Gasteiger charge is -2.35. The van der Waals surface area contributed by atoms with Crippen LogP contribution in [0.15, 0.2) is 79.6 Å². The van der Waals surface area contributed by atoms with Crippen LogP contribution in [-0.2, 0) is 48.0 Å². The van der Waals surface area contributed by atoms with Gasteiger partial charge in [-0.2, -0.15) is 0 Å². The van der Waals surface area contributed by atoms with Crippen LogP contribution in [0.3, 0.4) is 0 Å². The summed E-state index contributed by atoms with van der Waals surface area (Å²) in [5, 5.41) is 14.3. The molecule has 2 aromatic carbocycles. The summed E-state index contributed by atoms with van der Waals surface area (Å²) in [5.74, 6) is -1.12. The van der Waals surface area contributed by atoms with E-state index in [1.165, 1.54) is 6.20 Å². The quantitative estimate of drug-likeness (QED) is 0.0616. The Bertz CT molecular complexity index is 2760. The maximum Gasteiger partial charge on any atom is 0.262 e. The molecular weight excluding hydrogens is 889 g/mol. The average molecular weight is 943 g/mol. The van der Waals surface area contributed by atoms with E-state index in [4.69, 9.17) is 29.7 Å². The molecule has 3 aliphatic heterocycles. The number of imide groups is 2. The van der Waals surface area contributed by atoms with Crippen molar-refractivity contribution in [3.63, 3.8) is 0 Å². The number of imidazole rings is 1. The molecule has 2 saturated heterocycles. The Morgan fingerprint density at radius 2 is 1.52 bits per heavy atom. The second kappa shape index (κ2) is 22.2. The van der Waals surface area contributed by atoms with Crippen LogP contribution in [0.1, 0.15) is 51.2 Å². The molecule has 3 aliphatic rings. The number of rotatable bonds is 23. The lowest BCUT2D eigenvalue weighted by Crippen LogP contribution is -2.54. The normalized spacial score (nSPS) is 16.4. The molecule has 6 aromatic rings. The van der Waals surface area contributed by atoms with Gasteiger partial charge in [0.2, 0.25) is 11.8 Å². The van der Waals surface area contributed by atoms with E-state index in [1.54, 1.807) is 24.5 Å². The molecule has 4 amide bonds. The topological polar surface area (TPSA) is 252 Å². The molecule has 360 valence electrons. The van der Waals surface area contributed by atoms with E-state index in [1.807, 2.05) is 45.9 Å². The van der Waals surface area contributed by atoms with Crippen LogP contribution in [-0.4, -0.2) is 158 Å². The van der Waals surface area contributed by atoms with Gasteiger partial charge in [0, 0.05) is 81.9 Å². The van der Waals surface area contributed by atoms with Gasteiger partial charge in [-0.1, -0.05) is 11.3 Å². The number of nitrogens with two attached hydrogens (primary N) is 1. The smallest absolute Gasteiger partial charge is 0.262 e. The fraction of sp³-hybridized carbons (Fsp3) is 0.404. The number of ether oxygens (including phenoxy) is 4. The number of nitrogens with one attached hydrogen (secondary N) is 2. The number of nitrogens with zero attached hydrogens (tertiary/aromatic N) is 11. The predicted octanol–water partition coefficient (Wildman–Crippen LogP) is 2.53. The van der Waals surface area contributed by atoms with Gasteiger partial charge in [0.15, 0.2) is 11.5 Å². The Hall–Kier alpha value is -7.24. The Morgan fingerprint density at radius 3 is 2.28 bits per heavy atom. The molecule has 0 spiro atoms. The first-order valence-electron chi connectivity index (χ1n) is 23.1. The van der Waals surface area contributed by atoms with Crippen LogP contribution in [0.5, 0.6) is 0 Å². The van der Waals surface area contributed by atoms with Gasteiger partial charge in [0.1, 0.15) is 23.2 Å². The number of anilines is 4. The van der Waals surface area contributed by atoms with Crippen LogP contribution >= 0.6 is 0 Å². The summed E-state index contributed by atoms with van der Waals surface area (Å²) in [6, 6.07) is 12.5. The second-order valence-electron chi connectivity index (χ2n) is 16.8. The molecule has 0 saturated carbocycles. The number of hydrogen-bond acceptors (Lipinski definition) is 18. The zero-order chi connectivity index (χ0) is 47.5. The summed E-state index contributed by atoms with van der Waals surface area (Å²) >= 11 is 0. The Labute approximate surface area is 397 Å². The molecule has 9 rings (SSSR count). The van der Waals surface area contributed by atoms with E-state index in [2.05, 4.69) is 57.8 Å². The number of fused-ring (bicyclic) bond motifs is 2. The highest BCUT2D eigenvalue weighted by Gasteiger charge is 2.44. The lowest BCUT2D eigenvalue weighted by atomic mass is 10.0. The monoisotopic (exact) mass is 942 g/mol. The van der Waals surface area contributed by atoms with Gasteiger partial charge >= 0.3 is 0 Å². The average Bonchev–Trinajstić information content (AvgIpc) is 4.09. The van der Waals surface area contributed by atoms with E-state index in [9.17, 15) is 19.2 Å². The van der Waals surface area contributed by atoms with Gasteiger partial charge in [-0.3, -0.25) is 39.3 Å². The van der Waals surface area contributed by atoms with Crippen molar-refractivity contribution < 1.29 is 38.1 Å². The highest BCUT2D eigenvalue weighted by Crippen LogP contribution is 2.29. The van der Waals surface area contributed by atoms with Crippen LogP contribution in [0.4, 0.5) is 23.0 Å². The van der Waals surface area contributed by atoms with E-state index < -0.39 is 29.7 Å². The minimum atomic E-state index is -0.979. The van der Waals surface area contributed by atoms with Crippen molar-refractivity contribution in [1.82, 2.24) is 54.4 Å². The zero-order valence-corrected chi connectivity index (χ0v) is 38.1. The van der Waals surface area contributed by atoms with Gasteiger partial charge in [0.25, 0.3) is 11.8 Å². The molecule has 7 heterocycles. The third-order valence-electron chi connectivity index (χ3n) is 12.0. The number of hydrogen-bond donors (Lipinski definition) is 3. The molecule has 22 nitrogen and oxygen atoms in total. The SMILES string of the molecule is Nc1cncc(-c2cn3ccnc3c(Nc3ccc(N4CCN(Cc5cn(CCOCCOCCOCCOCCCc6ccc7c(c6)C(=O)N(C6CCC(=O)NC6=O)C7=O)nn5)CC4)cc3)n2)n1. The number of piperazine rings is 1. The van der Waals surface area contributed by atoms with E-state index in [0.717, 1.165) is 60.3 Å². The van der Waals surface area contributed by atoms with Crippen molar-refractivity contribution in [3.8, 4) is 11.4 Å². The summed E-state index contributed by atoms with van der Waals surface area (Å²) in [5.41, 5.74) is 12.2. The third-order valence-corrected chi connectivity index (χ3v) is 12.0. The van der Waals surface area contributed by atoms with Gasteiger partial charge in [-0.05, 0) is 61.2 Å². The van der Waals surface area contributed by atoms with Gasteiger partial charge in [-0.25, -0.2) is 19.6 Å². The minimum Gasteiger partial charge on any atom is -0.382 e. The van der Waals surface area contributed by atoms with E-state index in [0.29, 0.717) is 101 Å². The summed E-state index contributed by atoms with van der Waals surface area (Å²) in [6.45, 7) is 8.61. The Morgan fingerprint density at radius 1 is 0.783 bits per heavy atom. The van der Waals surface area contributed by atoms with Crippen LogP contribution < -0.4 is 21.3 Å². The fourth-order valence-electron chi connectivity index (χ4n) is 8.42. The lowest BCUT2D eigenvalue weighted by molar-refractivity contribution is -0.136. The van der Waals surface area contributed by atoms with Gasteiger partial charge < -0.3 is 39.3 Å². The molecule has 22 heteroatoms. The van der Waals surface area contributed by atoms with Crippen LogP contribution in [0, 0.1) is 0 Å². The summed E-state index contributed by atoms with van der Waals surface area (Å²) in [4.78, 5) is 73.3. The summed E-state index contributed by atoms with van der Waals surface area (Å²) < 4.78 is 26.4. The van der Waals surface area contributed by atoms with Crippen molar-refractivity contribution in [3.05, 3.63) is 102 Å². The first-order chi connectivity index (χ1) is 33.8. The highest BCUT2D eigenvalue weighted by atomic mass is 16.6. The fourth-order valence-corrected chi connectivity index (χ4v) is 8.42. The molecule has 1 atom stereocenters. The Kier molecular flexibility index (Phi) is 15.1. The number of carbonyl (C=O) groups excluding carboxylic acids is 4. The molecule has 2 fully saturated rings. The maximum atomic E-state index is 13.1. The molecule has 1 unspecified atom stereocenters. The molecule has 69 heavy (non-hydrogen) atoms. The van der Waals surface area contributed by atoms with E-state index in [-0.39, 0.29) is 24.0 Å². The number of piperidine rings is 1. The standard InChI is InChI=1S/C47H54N14O8/c48-41-28-49-27-38(52-41)39-31-59-12-11-50-44(59)43(53-39)51-33-4-6-35(7-5-33)58-15-13-57(14-16-58)29-34-30-60(56-55-34)17-19-67-21-23-69-25-24-68-22-20-66-18-1-2-32-3-8-36-37(26-32)47(65)61(46(36)64)40-9-10-42(62)54-45(40)63/h3-8,11-12,26-28,30-31,40H,1-2,9-10,13-25,29H2,(H2,48,52)(H,51,53)(H,54,62,63). The number of carbonyl (C=O) groups is 4. The molecule has 4 N–H and O–H groups in total. The number of benzene rings is 2. The number of aryl methyl sites for hydroxylation is 1. The van der Waals surface area contributed by atoms with Crippen molar-refractivity contribution >= 4 is 52.3 Å². The van der Waals surface area contributed by atoms with Crippen LogP contribution in [0.2, 0.25) is 0 Å². The summed E-state index contributed by atoms with van der Waals surface area (Å²) in [6.07, 6.45) is 12.1. The third kappa shape index (κ3) is 11.7. The van der Waals surface area contributed by atoms with E-state index >= 15 is 0 Å². The molecule has 4 aromatic heterocycles. The molecular formula is C47H54N14O8. The minimum absolute atomic E-state index is 0.0825.